The van der Waals surface area contributed by atoms with Gasteiger partial charge < -0.3 is 14.8 Å². The van der Waals surface area contributed by atoms with E-state index in [0.29, 0.717) is 12.0 Å². The molecule has 3 rings (SSSR count). The molecule has 0 aromatic carbocycles. The van der Waals surface area contributed by atoms with Gasteiger partial charge in [-0.25, -0.2) is 4.98 Å². The molecule has 4 heteroatoms. The number of rotatable bonds is 4. The smallest absolute Gasteiger partial charge is 0.0951 e. The summed E-state index contributed by atoms with van der Waals surface area (Å²) in [5.74, 6) is 0.679. The lowest BCUT2D eigenvalue weighted by molar-refractivity contribution is 0.280. The molecule has 1 unspecified atom stereocenters. The van der Waals surface area contributed by atoms with Gasteiger partial charge in [-0.2, -0.15) is 0 Å². The van der Waals surface area contributed by atoms with Crippen LogP contribution in [0.1, 0.15) is 37.4 Å². The van der Waals surface area contributed by atoms with Crippen LogP contribution in [0.4, 0.5) is 0 Å². The SMILES string of the molecule is CC(CN1CCCC1)n1cncc1C1CNC1. The van der Waals surface area contributed by atoms with Crippen LogP contribution in [-0.2, 0) is 0 Å². The predicted molar refractivity (Wildman–Crippen MR) is 68.2 cm³/mol. The molecular weight excluding hydrogens is 212 g/mol. The van der Waals surface area contributed by atoms with Gasteiger partial charge in [0.25, 0.3) is 0 Å². The number of aromatic nitrogens is 2. The molecule has 17 heavy (non-hydrogen) atoms. The number of hydrogen-bond acceptors (Lipinski definition) is 3. The van der Waals surface area contributed by atoms with E-state index in [-0.39, 0.29) is 0 Å². The lowest BCUT2D eigenvalue weighted by atomic mass is 9.99. The highest BCUT2D eigenvalue weighted by Crippen LogP contribution is 2.23. The van der Waals surface area contributed by atoms with Crippen LogP contribution in [-0.4, -0.2) is 47.2 Å². The number of imidazole rings is 1. The van der Waals surface area contributed by atoms with Crippen molar-refractivity contribution in [3.8, 4) is 0 Å². The highest BCUT2D eigenvalue weighted by atomic mass is 15.2. The van der Waals surface area contributed by atoms with E-state index in [1.54, 1.807) is 0 Å². The summed E-state index contributed by atoms with van der Waals surface area (Å²) in [7, 11) is 0. The Bertz CT molecular complexity index is 363. The number of likely N-dealkylation sites (tertiary alicyclic amines) is 1. The van der Waals surface area contributed by atoms with Crippen molar-refractivity contribution in [2.45, 2.75) is 31.7 Å². The van der Waals surface area contributed by atoms with Crippen molar-refractivity contribution in [1.82, 2.24) is 19.8 Å². The summed E-state index contributed by atoms with van der Waals surface area (Å²) in [6, 6.07) is 0.547. The summed E-state index contributed by atoms with van der Waals surface area (Å²) >= 11 is 0. The molecule has 0 amide bonds. The number of nitrogens with zero attached hydrogens (tertiary/aromatic N) is 3. The Labute approximate surface area is 103 Å². The molecule has 1 N–H and O–H groups in total. The monoisotopic (exact) mass is 234 g/mol. The van der Waals surface area contributed by atoms with Gasteiger partial charge in [0.2, 0.25) is 0 Å². The van der Waals surface area contributed by atoms with Gasteiger partial charge in [0.1, 0.15) is 0 Å². The minimum atomic E-state index is 0.547. The maximum absolute atomic E-state index is 4.34. The molecule has 1 atom stereocenters. The average molecular weight is 234 g/mol. The number of nitrogens with one attached hydrogen (secondary N) is 1. The lowest BCUT2D eigenvalue weighted by Crippen LogP contribution is -2.41. The highest BCUT2D eigenvalue weighted by molar-refractivity contribution is 5.12. The Morgan fingerprint density at radius 1 is 1.41 bits per heavy atom. The van der Waals surface area contributed by atoms with Crippen molar-refractivity contribution in [2.75, 3.05) is 32.7 Å². The molecule has 0 radical (unpaired) electrons. The van der Waals surface area contributed by atoms with Crippen molar-refractivity contribution in [1.29, 1.82) is 0 Å². The highest BCUT2D eigenvalue weighted by Gasteiger charge is 2.24. The number of hydrogen-bond donors (Lipinski definition) is 1. The van der Waals surface area contributed by atoms with Crippen LogP contribution >= 0.6 is 0 Å². The standard InChI is InChI=1S/C13H22N4/c1-11(9-16-4-2-3-5-16)17-10-15-8-13(17)12-6-14-7-12/h8,10-12,14H,2-7,9H2,1H3. The van der Waals surface area contributed by atoms with Gasteiger partial charge in [-0.1, -0.05) is 0 Å². The van der Waals surface area contributed by atoms with Crippen LogP contribution in [0.2, 0.25) is 0 Å². The Balaban J connectivity index is 1.67. The van der Waals surface area contributed by atoms with E-state index in [4.69, 9.17) is 0 Å². The molecule has 2 aliphatic heterocycles. The fourth-order valence-electron chi connectivity index (χ4n) is 2.92. The van der Waals surface area contributed by atoms with Gasteiger partial charge in [-0.3, -0.25) is 0 Å². The molecule has 1 aromatic heterocycles. The zero-order chi connectivity index (χ0) is 11.7. The first-order chi connectivity index (χ1) is 8.34. The first-order valence-electron chi connectivity index (χ1n) is 6.79. The molecule has 94 valence electrons. The molecule has 0 aliphatic carbocycles. The normalized spacial score (nSPS) is 23.8. The van der Waals surface area contributed by atoms with Crippen molar-refractivity contribution >= 4 is 0 Å². The maximum atomic E-state index is 4.34. The Morgan fingerprint density at radius 2 is 2.18 bits per heavy atom. The summed E-state index contributed by atoms with van der Waals surface area (Å²) in [6.45, 7) is 8.27. The second-order valence-corrected chi connectivity index (χ2v) is 5.44. The fourth-order valence-corrected chi connectivity index (χ4v) is 2.92. The van der Waals surface area contributed by atoms with Gasteiger partial charge in [0.05, 0.1) is 6.33 Å². The zero-order valence-corrected chi connectivity index (χ0v) is 10.6. The predicted octanol–water partition coefficient (Wildman–Crippen LogP) is 1.23. The van der Waals surface area contributed by atoms with E-state index in [0.717, 1.165) is 13.1 Å². The third-order valence-electron chi connectivity index (χ3n) is 4.09. The Hall–Kier alpha value is -0.870. The molecule has 2 saturated heterocycles. The maximum Gasteiger partial charge on any atom is 0.0951 e. The lowest BCUT2D eigenvalue weighted by Gasteiger charge is -2.30. The summed E-state index contributed by atoms with van der Waals surface area (Å²) in [5, 5.41) is 3.34. The minimum Gasteiger partial charge on any atom is -0.330 e. The van der Waals surface area contributed by atoms with Gasteiger partial charge >= 0.3 is 0 Å². The fraction of sp³-hybridized carbons (Fsp3) is 0.769. The van der Waals surface area contributed by atoms with Crippen molar-refractivity contribution in [3.05, 3.63) is 18.2 Å². The van der Waals surface area contributed by atoms with Crippen LogP contribution in [0.5, 0.6) is 0 Å². The van der Waals surface area contributed by atoms with E-state index in [1.807, 2.05) is 12.5 Å². The summed E-state index contributed by atoms with van der Waals surface area (Å²) in [4.78, 5) is 6.91. The third-order valence-corrected chi connectivity index (χ3v) is 4.09. The van der Waals surface area contributed by atoms with E-state index in [1.165, 1.54) is 38.2 Å². The molecule has 0 bridgehead atoms. The molecular formula is C13H22N4. The van der Waals surface area contributed by atoms with Gasteiger partial charge in [-0.15, -0.1) is 0 Å². The van der Waals surface area contributed by atoms with Crippen LogP contribution in [0.25, 0.3) is 0 Å². The van der Waals surface area contributed by atoms with Gasteiger partial charge in [0, 0.05) is 43.5 Å². The Kier molecular flexibility index (Phi) is 3.16. The topological polar surface area (TPSA) is 33.1 Å². The van der Waals surface area contributed by atoms with Crippen LogP contribution in [0.3, 0.4) is 0 Å². The largest absolute Gasteiger partial charge is 0.330 e. The Morgan fingerprint density at radius 3 is 2.82 bits per heavy atom. The van der Waals surface area contributed by atoms with Crippen molar-refractivity contribution < 1.29 is 0 Å². The van der Waals surface area contributed by atoms with E-state index in [2.05, 4.69) is 26.7 Å². The quantitative estimate of drug-likeness (QED) is 0.850. The second-order valence-electron chi connectivity index (χ2n) is 5.44. The molecule has 1 aromatic rings. The molecule has 3 heterocycles. The van der Waals surface area contributed by atoms with E-state index in [9.17, 15) is 0 Å². The van der Waals surface area contributed by atoms with E-state index >= 15 is 0 Å². The van der Waals surface area contributed by atoms with Crippen LogP contribution in [0, 0.1) is 0 Å². The summed E-state index contributed by atoms with van der Waals surface area (Å²) in [6.07, 6.45) is 6.80. The van der Waals surface area contributed by atoms with Crippen molar-refractivity contribution in [2.24, 2.45) is 0 Å². The first-order valence-corrected chi connectivity index (χ1v) is 6.79. The zero-order valence-electron chi connectivity index (χ0n) is 10.6. The molecule has 2 aliphatic rings. The van der Waals surface area contributed by atoms with Crippen LogP contribution in [0.15, 0.2) is 12.5 Å². The molecule has 0 spiro atoms. The summed E-state index contributed by atoms with van der Waals surface area (Å²) < 4.78 is 2.38. The first kappa shape index (κ1) is 11.2. The summed E-state index contributed by atoms with van der Waals surface area (Å²) in [5.41, 5.74) is 1.41. The third kappa shape index (κ3) is 2.24. The average Bonchev–Trinajstić information content (AvgIpc) is 2.85. The molecule has 2 fully saturated rings. The van der Waals surface area contributed by atoms with Gasteiger partial charge in [-0.05, 0) is 32.9 Å². The minimum absolute atomic E-state index is 0.547. The molecule has 0 saturated carbocycles. The second kappa shape index (κ2) is 4.78. The van der Waals surface area contributed by atoms with Crippen LogP contribution < -0.4 is 5.32 Å². The molecule has 4 nitrogen and oxygen atoms in total. The van der Waals surface area contributed by atoms with E-state index < -0.39 is 0 Å². The van der Waals surface area contributed by atoms with Gasteiger partial charge in [0.15, 0.2) is 0 Å². The van der Waals surface area contributed by atoms with Crippen molar-refractivity contribution in [3.63, 3.8) is 0 Å².